The Morgan fingerprint density at radius 1 is 1.09 bits per heavy atom. The Morgan fingerprint density at radius 2 is 1.61 bits per heavy atom. The zero-order valence-electron chi connectivity index (χ0n) is 13.1. The second kappa shape index (κ2) is 10.1. The molecule has 10 heteroatoms. The van der Waals surface area contributed by atoms with Crippen molar-refractivity contribution < 1.29 is 24.3 Å². The Balaban J connectivity index is 4.75. The maximum absolute atomic E-state index is 12.0. The van der Waals surface area contributed by atoms with Crippen LogP contribution in [0.4, 0.5) is 0 Å². The Bertz CT molecular complexity index is 458. The molecule has 0 radical (unpaired) electrons. The third-order valence-corrected chi connectivity index (χ3v) is 3.26. The van der Waals surface area contributed by atoms with Crippen molar-refractivity contribution in [1.82, 2.24) is 10.6 Å². The zero-order chi connectivity index (χ0) is 18.2. The summed E-state index contributed by atoms with van der Waals surface area (Å²) in [6.07, 6.45) is -0.118. The van der Waals surface area contributed by atoms with Crippen molar-refractivity contribution in [1.29, 1.82) is 0 Å². The lowest BCUT2D eigenvalue weighted by Gasteiger charge is -2.21. The first kappa shape index (κ1) is 21.2. The summed E-state index contributed by atoms with van der Waals surface area (Å²) in [6.45, 7) is 3.80. The largest absolute Gasteiger partial charge is 0.480 e. The second-order valence-electron chi connectivity index (χ2n) is 5.55. The Kier molecular flexibility index (Phi) is 9.27. The number of rotatable bonds is 10. The van der Waals surface area contributed by atoms with Gasteiger partial charge >= 0.3 is 5.97 Å². The number of hydrogen-bond acceptors (Lipinski definition) is 6. The van der Waals surface area contributed by atoms with Gasteiger partial charge in [0.2, 0.25) is 17.7 Å². The fourth-order valence-electron chi connectivity index (χ4n) is 1.76. The maximum atomic E-state index is 12.0. The minimum atomic E-state index is -1.47. The molecule has 132 valence electrons. The first-order chi connectivity index (χ1) is 10.6. The van der Waals surface area contributed by atoms with Crippen LogP contribution in [-0.4, -0.2) is 52.7 Å². The summed E-state index contributed by atoms with van der Waals surface area (Å²) in [5, 5.41) is 13.5. The predicted octanol–water partition coefficient (Wildman–Crippen LogP) is -1.78. The fourth-order valence-corrected chi connectivity index (χ4v) is 2.02. The minimum absolute atomic E-state index is 0.0606. The van der Waals surface area contributed by atoms with E-state index in [4.69, 9.17) is 16.6 Å². The van der Waals surface area contributed by atoms with E-state index in [2.05, 4.69) is 23.3 Å². The molecule has 0 bridgehead atoms. The van der Waals surface area contributed by atoms with Gasteiger partial charge in [-0.3, -0.25) is 14.4 Å². The molecular formula is C13H24N4O5S. The van der Waals surface area contributed by atoms with Crippen molar-refractivity contribution in [3.05, 3.63) is 0 Å². The van der Waals surface area contributed by atoms with Gasteiger partial charge in [0.05, 0.1) is 12.5 Å². The molecule has 9 nitrogen and oxygen atoms in total. The van der Waals surface area contributed by atoms with Gasteiger partial charge in [0, 0.05) is 5.75 Å². The summed E-state index contributed by atoms with van der Waals surface area (Å²) < 4.78 is 0. The number of aliphatic carboxylic acids is 1. The van der Waals surface area contributed by atoms with E-state index in [0.29, 0.717) is 6.42 Å². The lowest BCUT2D eigenvalue weighted by Crippen LogP contribution is -2.55. The summed E-state index contributed by atoms with van der Waals surface area (Å²) in [7, 11) is 0. The molecule has 0 saturated carbocycles. The summed E-state index contributed by atoms with van der Waals surface area (Å²) in [5.74, 6) is -3.45. The van der Waals surface area contributed by atoms with Crippen LogP contribution in [-0.2, 0) is 19.2 Å². The lowest BCUT2D eigenvalue weighted by molar-refractivity contribution is -0.143. The maximum Gasteiger partial charge on any atom is 0.326 e. The van der Waals surface area contributed by atoms with E-state index < -0.39 is 48.2 Å². The predicted molar refractivity (Wildman–Crippen MR) is 86.6 cm³/mol. The number of nitrogens with two attached hydrogens (primary N) is 2. The first-order valence-corrected chi connectivity index (χ1v) is 7.70. The number of carbonyl (C=O) groups excluding carboxylic acids is 3. The van der Waals surface area contributed by atoms with Crippen LogP contribution in [0.3, 0.4) is 0 Å². The van der Waals surface area contributed by atoms with Gasteiger partial charge in [-0.2, -0.15) is 12.6 Å². The molecule has 0 spiro atoms. The Hall–Kier alpha value is -1.81. The molecule has 0 rings (SSSR count). The highest BCUT2D eigenvalue weighted by Gasteiger charge is 2.28. The topological polar surface area (TPSA) is 165 Å². The molecule has 7 N–H and O–H groups in total. The van der Waals surface area contributed by atoms with Crippen LogP contribution >= 0.6 is 12.6 Å². The van der Waals surface area contributed by atoms with Crippen molar-refractivity contribution in [2.75, 3.05) is 5.75 Å². The number of amides is 3. The normalized spacial score (nSPS) is 14.7. The van der Waals surface area contributed by atoms with Gasteiger partial charge in [0.1, 0.15) is 12.1 Å². The van der Waals surface area contributed by atoms with Crippen molar-refractivity contribution >= 4 is 36.3 Å². The highest BCUT2D eigenvalue weighted by atomic mass is 32.1. The number of carboxylic acids is 1. The third-order valence-electron chi connectivity index (χ3n) is 2.90. The van der Waals surface area contributed by atoms with Crippen LogP contribution < -0.4 is 22.1 Å². The van der Waals surface area contributed by atoms with Crippen molar-refractivity contribution in [2.24, 2.45) is 17.4 Å². The molecule has 0 aromatic carbocycles. The average Bonchev–Trinajstić information content (AvgIpc) is 2.41. The molecule has 0 unspecified atom stereocenters. The lowest BCUT2D eigenvalue weighted by atomic mass is 10.0. The Labute approximate surface area is 139 Å². The molecule has 0 aromatic rings. The smallest absolute Gasteiger partial charge is 0.326 e. The van der Waals surface area contributed by atoms with Crippen LogP contribution in [0.2, 0.25) is 0 Å². The quantitative estimate of drug-likeness (QED) is 0.255. The Morgan fingerprint density at radius 3 is 2.00 bits per heavy atom. The molecular weight excluding hydrogens is 324 g/mol. The van der Waals surface area contributed by atoms with Crippen LogP contribution in [0.15, 0.2) is 0 Å². The highest BCUT2D eigenvalue weighted by Crippen LogP contribution is 2.03. The van der Waals surface area contributed by atoms with Gasteiger partial charge in [0.15, 0.2) is 0 Å². The number of thiol groups is 1. The summed E-state index contributed by atoms with van der Waals surface area (Å²) in [5.41, 5.74) is 10.6. The van der Waals surface area contributed by atoms with Crippen molar-refractivity contribution in [3.63, 3.8) is 0 Å². The summed E-state index contributed by atoms with van der Waals surface area (Å²) in [6, 6.07) is -3.33. The number of carbonyl (C=O) groups is 4. The zero-order valence-corrected chi connectivity index (χ0v) is 14.0. The first-order valence-electron chi connectivity index (χ1n) is 7.06. The van der Waals surface area contributed by atoms with E-state index >= 15 is 0 Å². The average molecular weight is 348 g/mol. The number of nitrogens with one attached hydrogen (secondary N) is 2. The monoisotopic (exact) mass is 348 g/mol. The van der Waals surface area contributed by atoms with E-state index in [9.17, 15) is 19.2 Å². The van der Waals surface area contributed by atoms with Gasteiger partial charge in [-0.05, 0) is 12.3 Å². The van der Waals surface area contributed by atoms with E-state index in [-0.39, 0.29) is 11.7 Å². The van der Waals surface area contributed by atoms with Crippen LogP contribution in [0.5, 0.6) is 0 Å². The van der Waals surface area contributed by atoms with Crippen molar-refractivity contribution in [3.8, 4) is 0 Å². The third kappa shape index (κ3) is 8.41. The van der Waals surface area contributed by atoms with E-state index in [1.165, 1.54) is 0 Å². The summed E-state index contributed by atoms with van der Waals surface area (Å²) >= 11 is 3.96. The SMILES string of the molecule is CC(C)C[C@H](N)C(=O)N[C@@H](CS)C(=O)N[C@@H](CC(N)=O)C(=O)O. The highest BCUT2D eigenvalue weighted by molar-refractivity contribution is 7.80. The molecule has 3 atom stereocenters. The van der Waals surface area contributed by atoms with E-state index in [1.807, 2.05) is 13.8 Å². The standard InChI is InChI=1S/C13H24N4O5S/c1-6(2)3-7(14)11(19)17-9(5-23)12(20)16-8(13(21)22)4-10(15)18/h6-9,23H,3-5,14H2,1-2H3,(H2,15,18)(H,16,20)(H,17,19)(H,21,22)/t7-,8-,9-/m0/s1. The van der Waals surface area contributed by atoms with E-state index in [0.717, 1.165) is 0 Å². The number of hydrogen-bond donors (Lipinski definition) is 6. The molecule has 23 heavy (non-hydrogen) atoms. The van der Waals surface area contributed by atoms with Gasteiger partial charge in [0.25, 0.3) is 0 Å². The van der Waals surface area contributed by atoms with Gasteiger partial charge in [-0.15, -0.1) is 0 Å². The molecule has 3 amide bonds. The molecule has 0 aliphatic carbocycles. The fraction of sp³-hybridized carbons (Fsp3) is 0.692. The van der Waals surface area contributed by atoms with E-state index in [1.54, 1.807) is 0 Å². The summed E-state index contributed by atoms with van der Waals surface area (Å²) in [4.78, 5) is 45.7. The van der Waals surface area contributed by atoms with Gasteiger partial charge < -0.3 is 27.2 Å². The van der Waals surface area contributed by atoms with Crippen LogP contribution in [0, 0.1) is 5.92 Å². The van der Waals surface area contributed by atoms with Crippen molar-refractivity contribution in [2.45, 2.75) is 44.8 Å². The van der Waals surface area contributed by atoms with Crippen LogP contribution in [0.25, 0.3) is 0 Å². The van der Waals surface area contributed by atoms with Crippen LogP contribution in [0.1, 0.15) is 26.7 Å². The van der Waals surface area contributed by atoms with Gasteiger partial charge in [-0.25, -0.2) is 4.79 Å². The molecule has 0 fully saturated rings. The number of carboxylic acid groups (broad SMARTS) is 1. The molecule has 0 aliphatic heterocycles. The second-order valence-corrected chi connectivity index (χ2v) is 5.91. The minimum Gasteiger partial charge on any atom is -0.480 e. The molecule has 0 heterocycles. The van der Waals surface area contributed by atoms with Gasteiger partial charge in [-0.1, -0.05) is 13.8 Å². The number of primary amides is 1. The molecule has 0 aromatic heterocycles. The molecule has 0 aliphatic rings. The molecule has 0 saturated heterocycles.